The maximum atomic E-state index is 13.3. The van der Waals surface area contributed by atoms with Crippen LogP contribution in [0.1, 0.15) is 12.5 Å². The van der Waals surface area contributed by atoms with Gasteiger partial charge in [0, 0.05) is 13.5 Å². The van der Waals surface area contributed by atoms with Gasteiger partial charge in [0.1, 0.15) is 0 Å². The molecule has 0 aliphatic carbocycles. The summed E-state index contributed by atoms with van der Waals surface area (Å²) in [7, 11) is -6.01. The van der Waals surface area contributed by atoms with Gasteiger partial charge in [-0.3, -0.25) is 0 Å². The molecule has 21 heavy (non-hydrogen) atoms. The third kappa shape index (κ3) is 3.31. The highest BCUT2D eigenvalue weighted by molar-refractivity contribution is 7.90. The minimum atomic E-state index is -6.05. The van der Waals surface area contributed by atoms with Gasteiger partial charge in [0.05, 0.1) is 0 Å². The fraction of sp³-hybridized carbons (Fsp3) is 0.455. The number of alkyl halides is 6. The van der Waals surface area contributed by atoms with Crippen molar-refractivity contribution in [2.75, 3.05) is 0 Å². The van der Waals surface area contributed by atoms with Gasteiger partial charge in [0.15, 0.2) is 0 Å². The number of nitrogens with one attached hydrogen (secondary N) is 1. The molecule has 0 atom stereocenters. The molecule has 0 heterocycles. The molecule has 0 saturated carbocycles. The van der Waals surface area contributed by atoms with Crippen LogP contribution in [0.25, 0.3) is 0 Å². The Labute approximate surface area is 117 Å². The van der Waals surface area contributed by atoms with Crippen molar-refractivity contribution in [3.05, 3.63) is 35.9 Å². The van der Waals surface area contributed by atoms with Crippen LogP contribution in [0, 0.1) is 0 Å². The monoisotopic (exact) mass is 335 g/mol. The van der Waals surface area contributed by atoms with E-state index in [0.29, 0.717) is 0 Å². The van der Waals surface area contributed by atoms with E-state index in [1.807, 2.05) is 0 Å². The number of hydrogen-bond acceptors (Lipinski definition) is 2. The number of rotatable bonds is 6. The van der Waals surface area contributed by atoms with Gasteiger partial charge < -0.3 is 0 Å². The molecule has 0 unspecified atom stereocenters. The van der Waals surface area contributed by atoms with Gasteiger partial charge in [-0.2, -0.15) is 26.3 Å². The highest BCUT2D eigenvalue weighted by Crippen LogP contribution is 2.47. The van der Waals surface area contributed by atoms with Crippen molar-refractivity contribution in [1.29, 1.82) is 0 Å². The van der Waals surface area contributed by atoms with Gasteiger partial charge in [-0.15, -0.1) is 0 Å². The minimum absolute atomic E-state index is 0.198. The second-order valence-electron chi connectivity index (χ2n) is 4.29. The fourth-order valence-corrected chi connectivity index (χ4v) is 2.34. The Bertz CT molecular complexity index is 582. The summed E-state index contributed by atoms with van der Waals surface area (Å²) in [4.78, 5) is 0. The van der Waals surface area contributed by atoms with Crippen LogP contribution in [0.4, 0.5) is 26.3 Å². The zero-order chi connectivity index (χ0) is 16.5. The lowest BCUT2D eigenvalue weighted by molar-refractivity contribution is -0.271. The first kappa shape index (κ1) is 17.8. The summed E-state index contributed by atoms with van der Waals surface area (Å²) in [6.45, 7) is -1.21. The lowest BCUT2D eigenvalue weighted by Gasteiger charge is -2.30. The maximum Gasteiger partial charge on any atom is 0.426 e. The van der Waals surface area contributed by atoms with E-state index in [1.54, 1.807) is 6.07 Å². The van der Waals surface area contributed by atoms with E-state index in [1.165, 1.54) is 29.0 Å². The summed E-state index contributed by atoms with van der Waals surface area (Å²) >= 11 is 0. The first-order valence-corrected chi connectivity index (χ1v) is 6.98. The van der Waals surface area contributed by atoms with E-state index in [2.05, 4.69) is 0 Å². The van der Waals surface area contributed by atoms with Crippen LogP contribution in [0.15, 0.2) is 30.3 Å². The quantitative estimate of drug-likeness (QED) is 0.813. The standard InChI is InChI=1S/C11H11F6NO2S/c1-9(12,13)10(14,15)11(16,17)21(19,20)18-7-8-5-3-2-4-6-8/h2-6,18H,7H2,1H3. The molecule has 0 aliphatic heterocycles. The summed E-state index contributed by atoms with van der Waals surface area (Å²) in [5, 5.41) is -5.97. The van der Waals surface area contributed by atoms with Crippen LogP contribution in [0.5, 0.6) is 0 Å². The maximum absolute atomic E-state index is 13.3. The van der Waals surface area contributed by atoms with Crippen LogP contribution in [-0.2, 0) is 16.6 Å². The lowest BCUT2D eigenvalue weighted by Crippen LogP contribution is -2.59. The SMILES string of the molecule is CC(F)(F)C(F)(F)C(F)(F)S(=O)(=O)NCc1ccccc1. The second-order valence-corrected chi connectivity index (χ2v) is 6.10. The molecule has 0 spiro atoms. The van der Waals surface area contributed by atoms with Crippen LogP contribution >= 0.6 is 0 Å². The van der Waals surface area contributed by atoms with Gasteiger partial charge in [0.25, 0.3) is 10.0 Å². The number of halogens is 6. The molecular formula is C11H11F6NO2S. The lowest BCUT2D eigenvalue weighted by atomic mass is 10.2. The number of benzene rings is 1. The van der Waals surface area contributed by atoms with Crippen molar-refractivity contribution in [1.82, 2.24) is 4.72 Å². The van der Waals surface area contributed by atoms with Crippen molar-refractivity contribution in [3.8, 4) is 0 Å². The fourth-order valence-electron chi connectivity index (χ4n) is 1.29. The molecule has 120 valence electrons. The molecule has 1 aromatic rings. The van der Waals surface area contributed by atoms with Gasteiger partial charge in [-0.25, -0.2) is 13.1 Å². The molecule has 0 amide bonds. The van der Waals surface area contributed by atoms with Crippen molar-refractivity contribution >= 4 is 10.0 Å². The molecule has 10 heteroatoms. The third-order valence-electron chi connectivity index (χ3n) is 2.56. The summed E-state index contributed by atoms with van der Waals surface area (Å²) in [6, 6.07) is 7.14. The molecule has 0 aliphatic rings. The first-order valence-electron chi connectivity index (χ1n) is 5.49. The summed E-state index contributed by atoms with van der Waals surface area (Å²) < 4.78 is 101. The van der Waals surface area contributed by atoms with Gasteiger partial charge >= 0.3 is 17.1 Å². The van der Waals surface area contributed by atoms with Crippen LogP contribution in [0.2, 0.25) is 0 Å². The van der Waals surface area contributed by atoms with E-state index < -0.39 is 40.6 Å². The zero-order valence-corrected chi connectivity index (χ0v) is 11.4. The third-order valence-corrected chi connectivity index (χ3v) is 4.02. The van der Waals surface area contributed by atoms with E-state index in [4.69, 9.17) is 0 Å². The van der Waals surface area contributed by atoms with Gasteiger partial charge in [0.2, 0.25) is 0 Å². The molecule has 1 aromatic carbocycles. The molecule has 1 N–H and O–H groups in total. The highest BCUT2D eigenvalue weighted by Gasteiger charge is 2.75. The van der Waals surface area contributed by atoms with Crippen LogP contribution < -0.4 is 4.72 Å². The topological polar surface area (TPSA) is 46.2 Å². The number of sulfonamides is 1. The Morgan fingerprint density at radius 2 is 1.48 bits per heavy atom. The smallest absolute Gasteiger partial charge is 0.206 e. The van der Waals surface area contributed by atoms with E-state index >= 15 is 0 Å². The molecule has 0 saturated heterocycles. The van der Waals surface area contributed by atoms with Crippen LogP contribution in [-0.4, -0.2) is 25.5 Å². The predicted octanol–water partition coefficient (Wildman–Crippen LogP) is 2.99. The Morgan fingerprint density at radius 3 is 1.90 bits per heavy atom. The number of hydrogen-bond donors (Lipinski definition) is 1. The Kier molecular flexibility index (Phi) is 4.64. The minimum Gasteiger partial charge on any atom is -0.206 e. The van der Waals surface area contributed by atoms with Gasteiger partial charge in [-0.05, 0) is 5.56 Å². The molecule has 0 fully saturated rings. The van der Waals surface area contributed by atoms with Crippen molar-refractivity contribution in [2.45, 2.75) is 30.6 Å². The zero-order valence-electron chi connectivity index (χ0n) is 10.6. The first-order chi connectivity index (χ1) is 9.33. The second kappa shape index (κ2) is 5.48. The largest absolute Gasteiger partial charge is 0.426 e. The summed E-state index contributed by atoms with van der Waals surface area (Å²) in [5.41, 5.74) is 0.198. The average molecular weight is 335 g/mol. The van der Waals surface area contributed by atoms with Crippen molar-refractivity contribution in [3.63, 3.8) is 0 Å². The Balaban J connectivity index is 3.01. The van der Waals surface area contributed by atoms with E-state index in [9.17, 15) is 34.8 Å². The summed E-state index contributed by atoms with van der Waals surface area (Å²) in [5.74, 6) is -11.3. The Hall–Kier alpha value is -1.29. The average Bonchev–Trinajstić information content (AvgIpc) is 2.36. The van der Waals surface area contributed by atoms with Gasteiger partial charge in [-0.1, -0.05) is 30.3 Å². The molecule has 0 radical (unpaired) electrons. The highest BCUT2D eigenvalue weighted by atomic mass is 32.2. The normalized spacial score (nSPS) is 14.2. The molecule has 0 aromatic heterocycles. The molecule has 3 nitrogen and oxygen atoms in total. The summed E-state index contributed by atoms with van der Waals surface area (Å²) in [6.07, 6.45) is 0. The molecule has 0 bridgehead atoms. The van der Waals surface area contributed by atoms with E-state index in [0.717, 1.165) is 0 Å². The van der Waals surface area contributed by atoms with Crippen molar-refractivity contribution in [2.24, 2.45) is 0 Å². The predicted molar refractivity (Wildman–Crippen MR) is 62.7 cm³/mol. The van der Waals surface area contributed by atoms with Crippen LogP contribution in [0.3, 0.4) is 0 Å². The Morgan fingerprint density at radius 1 is 1.00 bits per heavy atom. The van der Waals surface area contributed by atoms with E-state index in [-0.39, 0.29) is 5.56 Å². The van der Waals surface area contributed by atoms with Crippen molar-refractivity contribution < 1.29 is 34.8 Å². The molecule has 1 rings (SSSR count). The molecular weight excluding hydrogens is 324 g/mol.